The number of fused-ring (bicyclic) bond motifs is 2. The van der Waals surface area contributed by atoms with E-state index in [0.29, 0.717) is 37.5 Å². The van der Waals surface area contributed by atoms with Crippen LogP contribution in [0.5, 0.6) is 0 Å². The molecule has 7 heteroatoms. The number of ether oxygens (including phenoxy) is 2. The quantitative estimate of drug-likeness (QED) is 0.727. The molecule has 0 radical (unpaired) electrons. The molecule has 0 aliphatic heterocycles. The molecule has 2 aliphatic rings. The number of unbranched alkanes of at least 4 members (excludes halogenated alkanes) is 1. The van der Waals surface area contributed by atoms with Crippen LogP contribution < -0.4 is 5.32 Å². The van der Waals surface area contributed by atoms with Gasteiger partial charge in [0.1, 0.15) is 0 Å². The van der Waals surface area contributed by atoms with Crippen molar-refractivity contribution in [2.24, 2.45) is 24.8 Å². The minimum atomic E-state index is -0.326. The topological polar surface area (TPSA) is 78.3 Å². The molecule has 1 N–H and O–H groups in total. The van der Waals surface area contributed by atoms with Gasteiger partial charge in [0.25, 0.3) is 0 Å². The van der Waals surface area contributed by atoms with Gasteiger partial charge >= 0.3 is 6.09 Å². The summed E-state index contributed by atoms with van der Waals surface area (Å²) in [5, 5.41) is 11.2. The first-order valence-electron chi connectivity index (χ1n) is 9.56. The van der Waals surface area contributed by atoms with Crippen molar-refractivity contribution in [3.8, 4) is 0 Å². The summed E-state index contributed by atoms with van der Waals surface area (Å²) < 4.78 is 12.7. The van der Waals surface area contributed by atoms with Crippen molar-refractivity contribution in [3.63, 3.8) is 0 Å². The molecule has 1 aromatic heterocycles. The predicted molar refractivity (Wildman–Crippen MR) is 93.2 cm³/mol. The van der Waals surface area contributed by atoms with Crippen molar-refractivity contribution < 1.29 is 14.3 Å². The average molecular weight is 350 g/mol. The molecule has 0 spiro atoms. The highest BCUT2D eigenvalue weighted by Gasteiger charge is 2.50. The van der Waals surface area contributed by atoms with Gasteiger partial charge in [0.05, 0.1) is 24.6 Å². The summed E-state index contributed by atoms with van der Waals surface area (Å²) in [7, 11) is 1.97. The monoisotopic (exact) mass is 350 g/mol. The fourth-order valence-corrected chi connectivity index (χ4v) is 3.95. The van der Waals surface area contributed by atoms with E-state index in [1.165, 1.54) is 5.69 Å². The van der Waals surface area contributed by atoms with E-state index in [2.05, 4.69) is 22.6 Å². The molecule has 0 saturated heterocycles. The van der Waals surface area contributed by atoms with Crippen LogP contribution >= 0.6 is 0 Å². The van der Waals surface area contributed by atoms with Gasteiger partial charge in [-0.05, 0) is 49.9 Å². The second-order valence-electron chi connectivity index (χ2n) is 7.17. The lowest BCUT2D eigenvalue weighted by Crippen LogP contribution is -2.28. The molecule has 7 nitrogen and oxygen atoms in total. The van der Waals surface area contributed by atoms with Crippen molar-refractivity contribution in [2.45, 2.75) is 45.4 Å². The first kappa shape index (κ1) is 18.2. The molecule has 1 heterocycles. The number of aryl methyl sites for hydroxylation is 2. The summed E-state index contributed by atoms with van der Waals surface area (Å²) in [6.07, 6.45) is 6.13. The SMILES string of the molecule is CCCCOCCNC(=O)OCC1C2CCc3nnn(C)c3CCC21. The summed E-state index contributed by atoms with van der Waals surface area (Å²) >= 11 is 0. The van der Waals surface area contributed by atoms with E-state index in [4.69, 9.17) is 9.47 Å². The van der Waals surface area contributed by atoms with Crippen LogP contribution in [0.4, 0.5) is 4.79 Å². The van der Waals surface area contributed by atoms with Gasteiger partial charge in [0.15, 0.2) is 0 Å². The Labute approximate surface area is 149 Å². The highest BCUT2D eigenvalue weighted by Crippen LogP contribution is 2.52. The Morgan fingerprint density at radius 1 is 1.28 bits per heavy atom. The van der Waals surface area contributed by atoms with E-state index < -0.39 is 0 Å². The minimum Gasteiger partial charge on any atom is -0.449 e. The fourth-order valence-electron chi connectivity index (χ4n) is 3.95. The van der Waals surface area contributed by atoms with Gasteiger partial charge < -0.3 is 14.8 Å². The molecule has 1 amide bonds. The molecule has 0 bridgehead atoms. The van der Waals surface area contributed by atoms with Gasteiger partial charge in [-0.3, -0.25) is 4.68 Å². The lowest BCUT2D eigenvalue weighted by molar-refractivity contribution is 0.117. The number of hydrogen-bond donors (Lipinski definition) is 1. The maximum absolute atomic E-state index is 11.8. The summed E-state index contributed by atoms with van der Waals surface area (Å²) in [5.74, 6) is 1.85. The second-order valence-corrected chi connectivity index (χ2v) is 7.17. The molecular weight excluding hydrogens is 320 g/mol. The summed E-state index contributed by atoms with van der Waals surface area (Å²) in [6.45, 7) is 4.47. The van der Waals surface area contributed by atoms with Gasteiger partial charge in [-0.25, -0.2) is 4.79 Å². The highest BCUT2D eigenvalue weighted by atomic mass is 16.5. The molecule has 3 rings (SSSR count). The Bertz CT molecular complexity index is 575. The van der Waals surface area contributed by atoms with Gasteiger partial charge in [-0.15, -0.1) is 5.10 Å². The van der Waals surface area contributed by atoms with Crippen molar-refractivity contribution in [1.82, 2.24) is 20.3 Å². The van der Waals surface area contributed by atoms with Crippen LogP contribution in [0.3, 0.4) is 0 Å². The van der Waals surface area contributed by atoms with E-state index in [1.54, 1.807) is 0 Å². The molecule has 1 aromatic rings. The standard InChI is InChI=1S/C18H30N4O3/c1-3-4-10-24-11-9-19-18(23)25-12-15-13-5-7-16-17(8-6-14(13)15)22(2)21-20-16/h13-15H,3-12H2,1-2H3,(H,19,23). The number of rotatable bonds is 8. The zero-order valence-corrected chi connectivity index (χ0v) is 15.4. The molecule has 1 saturated carbocycles. The van der Waals surface area contributed by atoms with E-state index in [-0.39, 0.29) is 6.09 Å². The third kappa shape index (κ3) is 4.71. The van der Waals surface area contributed by atoms with Crippen molar-refractivity contribution in [2.75, 3.05) is 26.4 Å². The van der Waals surface area contributed by atoms with Crippen molar-refractivity contribution in [1.29, 1.82) is 0 Å². The third-order valence-corrected chi connectivity index (χ3v) is 5.53. The van der Waals surface area contributed by atoms with Crippen LogP contribution in [0.2, 0.25) is 0 Å². The lowest BCUT2D eigenvalue weighted by Gasteiger charge is -2.07. The minimum absolute atomic E-state index is 0.326. The number of hydrogen-bond acceptors (Lipinski definition) is 5. The first-order chi connectivity index (χ1) is 12.2. The third-order valence-electron chi connectivity index (χ3n) is 5.53. The van der Waals surface area contributed by atoms with Crippen molar-refractivity contribution in [3.05, 3.63) is 11.4 Å². The second kappa shape index (κ2) is 8.65. The van der Waals surface area contributed by atoms with E-state index in [1.807, 2.05) is 11.7 Å². The number of carbonyl (C=O) groups is 1. The fraction of sp³-hybridized carbons (Fsp3) is 0.833. The Morgan fingerprint density at radius 3 is 2.88 bits per heavy atom. The normalized spacial score (nSPS) is 24.6. The Balaban J connectivity index is 1.32. The molecule has 3 unspecified atom stereocenters. The van der Waals surface area contributed by atoms with Crippen LogP contribution in [0.25, 0.3) is 0 Å². The molecule has 2 aliphatic carbocycles. The maximum Gasteiger partial charge on any atom is 0.407 e. The number of carbonyl (C=O) groups excluding carboxylic acids is 1. The zero-order chi connectivity index (χ0) is 17.6. The van der Waals surface area contributed by atoms with E-state index in [0.717, 1.165) is 50.8 Å². The van der Waals surface area contributed by atoms with E-state index in [9.17, 15) is 4.79 Å². The van der Waals surface area contributed by atoms with E-state index >= 15 is 0 Å². The Morgan fingerprint density at radius 2 is 2.08 bits per heavy atom. The van der Waals surface area contributed by atoms with Crippen LogP contribution in [-0.2, 0) is 29.4 Å². The highest BCUT2D eigenvalue weighted by molar-refractivity contribution is 5.67. The molecule has 3 atom stereocenters. The van der Waals surface area contributed by atoms with Crippen molar-refractivity contribution >= 4 is 6.09 Å². The number of aromatic nitrogens is 3. The summed E-state index contributed by atoms with van der Waals surface area (Å²) in [4.78, 5) is 11.8. The van der Waals surface area contributed by atoms with Gasteiger partial charge in [-0.1, -0.05) is 18.6 Å². The average Bonchev–Trinajstić information content (AvgIpc) is 3.13. The van der Waals surface area contributed by atoms with Gasteiger partial charge in [0.2, 0.25) is 0 Å². The number of amides is 1. The molecule has 0 aromatic carbocycles. The van der Waals surface area contributed by atoms with Gasteiger partial charge in [-0.2, -0.15) is 0 Å². The number of nitrogens with one attached hydrogen (secondary N) is 1. The Hall–Kier alpha value is -1.63. The largest absolute Gasteiger partial charge is 0.449 e. The van der Waals surface area contributed by atoms with Gasteiger partial charge in [0, 0.05) is 20.2 Å². The van der Waals surface area contributed by atoms with Crippen LogP contribution in [-0.4, -0.2) is 47.5 Å². The molecular formula is C18H30N4O3. The smallest absolute Gasteiger partial charge is 0.407 e. The Kier molecular flexibility index (Phi) is 6.29. The lowest BCUT2D eigenvalue weighted by atomic mass is 10.0. The molecule has 140 valence electrons. The molecule has 25 heavy (non-hydrogen) atoms. The number of nitrogens with zero attached hydrogens (tertiary/aromatic N) is 3. The number of alkyl carbamates (subject to hydrolysis) is 1. The summed E-state index contributed by atoms with van der Waals surface area (Å²) in [6, 6.07) is 0. The van der Waals surface area contributed by atoms with Crippen LogP contribution in [0.15, 0.2) is 0 Å². The summed E-state index contributed by atoms with van der Waals surface area (Å²) in [5.41, 5.74) is 2.42. The maximum atomic E-state index is 11.8. The zero-order valence-electron chi connectivity index (χ0n) is 15.4. The van der Waals surface area contributed by atoms with Crippen LogP contribution in [0.1, 0.15) is 44.0 Å². The molecule has 1 fully saturated rings. The predicted octanol–water partition coefficient (Wildman–Crippen LogP) is 2.10. The first-order valence-corrected chi connectivity index (χ1v) is 9.56. The van der Waals surface area contributed by atoms with Crippen LogP contribution in [0, 0.1) is 17.8 Å².